The third-order valence-corrected chi connectivity index (χ3v) is 4.03. The molecule has 0 atom stereocenters. The highest BCUT2D eigenvalue weighted by Crippen LogP contribution is 2.19. The Labute approximate surface area is 135 Å². The molecule has 0 radical (unpaired) electrons. The monoisotopic (exact) mass is 322 g/mol. The second kappa shape index (κ2) is 6.91. The van der Waals surface area contributed by atoms with Crippen LogP contribution in [0.25, 0.3) is 0 Å². The summed E-state index contributed by atoms with van der Waals surface area (Å²) in [7, 11) is 0. The first-order valence-corrected chi connectivity index (χ1v) is 7.62. The molecule has 0 unspecified atom stereocenters. The Balaban J connectivity index is 1.92. The number of thiocarbonyl (C=S) groups is 1. The smallest absolute Gasteiger partial charge is 0.171 e. The molecule has 6 heteroatoms. The molecule has 0 aliphatic heterocycles. The predicted molar refractivity (Wildman–Crippen MR) is 91.9 cm³/mol. The molecule has 0 fully saturated rings. The normalized spacial score (nSPS) is 10.5. The van der Waals surface area contributed by atoms with Gasteiger partial charge < -0.3 is 10.6 Å². The van der Waals surface area contributed by atoms with Crippen molar-refractivity contribution in [2.45, 2.75) is 33.9 Å². The molecule has 1 aromatic heterocycles. The van der Waals surface area contributed by atoms with Crippen molar-refractivity contribution >= 4 is 34.6 Å². The lowest BCUT2D eigenvalue weighted by molar-refractivity contribution is 0.638. The standard InChI is InChI=1S/C15H19ClN4S/c1-4-20-11(3)12(9-18-20)8-17-15(21)19-13-6-5-10(2)14(16)7-13/h5-7,9H,4,8H2,1-3H3,(H2,17,19,21). The van der Waals surface area contributed by atoms with Crippen LogP contribution in [0.4, 0.5) is 5.69 Å². The van der Waals surface area contributed by atoms with Crippen LogP contribution in [0.5, 0.6) is 0 Å². The molecule has 2 aromatic rings. The first kappa shape index (κ1) is 15.8. The number of hydrogen-bond acceptors (Lipinski definition) is 2. The van der Waals surface area contributed by atoms with Crippen LogP contribution in [0.15, 0.2) is 24.4 Å². The van der Waals surface area contributed by atoms with Gasteiger partial charge in [0, 0.05) is 35.1 Å². The van der Waals surface area contributed by atoms with Gasteiger partial charge in [-0.05, 0) is 50.7 Å². The summed E-state index contributed by atoms with van der Waals surface area (Å²) < 4.78 is 1.97. The van der Waals surface area contributed by atoms with Gasteiger partial charge in [-0.2, -0.15) is 5.10 Å². The molecule has 4 nitrogen and oxygen atoms in total. The van der Waals surface area contributed by atoms with Gasteiger partial charge in [0.25, 0.3) is 0 Å². The Morgan fingerprint density at radius 1 is 1.38 bits per heavy atom. The minimum Gasteiger partial charge on any atom is -0.358 e. The molecule has 0 saturated heterocycles. The zero-order valence-corrected chi connectivity index (χ0v) is 14.0. The number of aromatic nitrogens is 2. The van der Waals surface area contributed by atoms with E-state index in [2.05, 4.69) is 29.6 Å². The largest absolute Gasteiger partial charge is 0.358 e. The van der Waals surface area contributed by atoms with Gasteiger partial charge in [0.15, 0.2) is 5.11 Å². The van der Waals surface area contributed by atoms with Gasteiger partial charge in [0.1, 0.15) is 0 Å². The van der Waals surface area contributed by atoms with Crippen molar-refractivity contribution in [3.8, 4) is 0 Å². The lowest BCUT2D eigenvalue weighted by Crippen LogP contribution is -2.28. The average Bonchev–Trinajstić information content (AvgIpc) is 2.81. The number of hydrogen-bond donors (Lipinski definition) is 2. The quantitative estimate of drug-likeness (QED) is 0.843. The Morgan fingerprint density at radius 2 is 2.14 bits per heavy atom. The van der Waals surface area contributed by atoms with Crippen molar-refractivity contribution in [1.82, 2.24) is 15.1 Å². The van der Waals surface area contributed by atoms with Gasteiger partial charge in [-0.15, -0.1) is 0 Å². The summed E-state index contributed by atoms with van der Waals surface area (Å²) in [6.45, 7) is 7.62. The van der Waals surface area contributed by atoms with Gasteiger partial charge in [-0.3, -0.25) is 4.68 Å². The highest BCUT2D eigenvalue weighted by molar-refractivity contribution is 7.80. The van der Waals surface area contributed by atoms with E-state index in [4.69, 9.17) is 23.8 Å². The third-order valence-electron chi connectivity index (χ3n) is 3.37. The molecule has 0 amide bonds. The molecule has 0 bridgehead atoms. The van der Waals surface area contributed by atoms with Gasteiger partial charge in [-0.25, -0.2) is 0 Å². The number of aryl methyl sites for hydroxylation is 2. The maximum absolute atomic E-state index is 6.10. The lowest BCUT2D eigenvalue weighted by Gasteiger charge is -2.11. The Bertz CT molecular complexity index is 651. The van der Waals surface area contributed by atoms with E-state index >= 15 is 0 Å². The van der Waals surface area contributed by atoms with E-state index in [1.54, 1.807) is 0 Å². The first-order valence-electron chi connectivity index (χ1n) is 6.83. The van der Waals surface area contributed by atoms with E-state index in [-0.39, 0.29) is 0 Å². The number of rotatable bonds is 4. The highest BCUT2D eigenvalue weighted by Gasteiger charge is 2.06. The maximum atomic E-state index is 6.10. The first-order chi connectivity index (χ1) is 10.0. The van der Waals surface area contributed by atoms with Gasteiger partial charge in [0.2, 0.25) is 0 Å². The minimum atomic E-state index is 0.568. The van der Waals surface area contributed by atoms with Crippen molar-refractivity contribution in [2.75, 3.05) is 5.32 Å². The third kappa shape index (κ3) is 3.95. The topological polar surface area (TPSA) is 41.9 Å². The molecule has 2 N–H and O–H groups in total. The van der Waals surface area contributed by atoms with Crippen LogP contribution >= 0.6 is 23.8 Å². The fourth-order valence-corrected chi connectivity index (χ4v) is 2.37. The SMILES string of the molecule is CCn1ncc(CNC(=S)Nc2ccc(C)c(Cl)c2)c1C. The van der Waals surface area contributed by atoms with E-state index in [1.165, 1.54) is 0 Å². The second-order valence-corrected chi connectivity index (χ2v) is 5.66. The molecule has 0 saturated carbocycles. The number of anilines is 1. The van der Waals surface area contributed by atoms with Crippen molar-refractivity contribution in [2.24, 2.45) is 0 Å². The van der Waals surface area contributed by atoms with Crippen molar-refractivity contribution < 1.29 is 0 Å². The molecule has 1 heterocycles. The van der Waals surface area contributed by atoms with Crippen molar-refractivity contribution in [3.63, 3.8) is 0 Å². The lowest BCUT2D eigenvalue weighted by atomic mass is 10.2. The molecule has 21 heavy (non-hydrogen) atoms. The zero-order chi connectivity index (χ0) is 15.4. The summed E-state index contributed by atoms with van der Waals surface area (Å²) in [5, 5.41) is 11.9. The van der Waals surface area contributed by atoms with E-state index in [1.807, 2.05) is 36.0 Å². The molecule has 2 rings (SSSR count). The molecule has 0 aliphatic carbocycles. The Morgan fingerprint density at radius 3 is 2.76 bits per heavy atom. The highest BCUT2D eigenvalue weighted by atomic mass is 35.5. The predicted octanol–water partition coefficient (Wildman–Crippen LogP) is 3.66. The van der Waals surface area contributed by atoms with E-state index in [0.29, 0.717) is 11.7 Å². The second-order valence-electron chi connectivity index (χ2n) is 4.84. The molecular weight excluding hydrogens is 304 g/mol. The van der Waals surface area contributed by atoms with Crippen LogP contribution < -0.4 is 10.6 Å². The van der Waals surface area contributed by atoms with Crippen molar-refractivity contribution in [1.29, 1.82) is 0 Å². The molecule has 1 aromatic carbocycles. The van der Waals surface area contributed by atoms with Gasteiger partial charge in [0.05, 0.1) is 6.20 Å². The average molecular weight is 323 g/mol. The maximum Gasteiger partial charge on any atom is 0.171 e. The fraction of sp³-hybridized carbons (Fsp3) is 0.333. The van der Waals surface area contributed by atoms with Crippen LogP contribution in [0.3, 0.4) is 0 Å². The number of benzene rings is 1. The van der Waals surface area contributed by atoms with Gasteiger partial charge in [-0.1, -0.05) is 17.7 Å². The molecule has 0 aliphatic rings. The number of nitrogens with one attached hydrogen (secondary N) is 2. The summed E-state index contributed by atoms with van der Waals surface area (Å²) in [5.41, 5.74) is 4.22. The van der Waals surface area contributed by atoms with Crippen LogP contribution in [0, 0.1) is 13.8 Å². The number of halogens is 1. The summed E-state index contributed by atoms with van der Waals surface area (Å²) in [6.07, 6.45) is 1.87. The molecule has 0 spiro atoms. The molecule has 112 valence electrons. The van der Waals surface area contributed by atoms with E-state index in [9.17, 15) is 0 Å². The van der Waals surface area contributed by atoms with Crippen LogP contribution in [-0.4, -0.2) is 14.9 Å². The van der Waals surface area contributed by atoms with Crippen LogP contribution in [0.1, 0.15) is 23.7 Å². The van der Waals surface area contributed by atoms with Crippen molar-refractivity contribution in [3.05, 3.63) is 46.2 Å². The van der Waals surface area contributed by atoms with Gasteiger partial charge >= 0.3 is 0 Å². The summed E-state index contributed by atoms with van der Waals surface area (Å²) in [6, 6.07) is 5.78. The summed E-state index contributed by atoms with van der Waals surface area (Å²) >= 11 is 11.4. The van der Waals surface area contributed by atoms with Crippen LogP contribution in [0.2, 0.25) is 5.02 Å². The number of nitrogens with zero attached hydrogens (tertiary/aromatic N) is 2. The van der Waals surface area contributed by atoms with Crippen LogP contribution in [-0.2, 0) is 13.1 Å². The fourth-order valence-electron chi connectivity index (χ4n) is 2.00. The Kier molecular flexibility index (Phi) is 5.20. The Hall–Kier alpha value is -1.59. The minimum absolute atomic E-state index is 0.568. The molecular formula is C15H19ClN4S. The summed E-state index contributed by atoms with van der Waals surface area (Å²) in [4.78, 5) is 0. The van der Waals surface area contributed by atoms with E-state index < -0.39 is 0 Å². The van der Waals surface area contributed by atoms with E-state index in [0.717, 1.165) is 34.1 Å². The summed E-state index contributed by atoms with van der Waals surface area (Å²) in [5.74, 6) is 0. The zero-order valence-electron chi connectivity index (χ0n) is 12.4.